The van der Waals surface area contributed by atoms with Gasteiger partial charge in [0.25, 0.3) is 0 Å². The van der Waals surface area contributed by atoms with Crippen LogP contribution in [0.2, 0.25) is 0 Å². The molecule has 5 nitrogen and oxygen atoms in total. The lowest BCUT2D eigenvalue weighted by Gasteiger charge is -2.40. The number of ether oxygens (including phenoxy) is 1. The highest BCUT2D eigenvalue weighted by Gasteiger charge is 2.45. The molecule has 3 rings (SSSR count). The Morgan fingerprint density at radius 3 is 2.38 bits per heavy atom. The predicted molar refractivity (Wildman–Crippen MR) is 93.9 cm³/mol. The Labute approximate surface area is 148 Å². The molecular weight excluding hydrogens is 372 g/mol. The largest absolute Gasteiger partial charge is 0.465 e. The molecule has 0 spiro atoms. The molecule has 2 aromatic rings. The summed E-state index contributed by atoms with van der Waals surface area (Å²) in [6.45, 7) is 0. The maximum Gasteiger partial charge on any atom is 0.339 e. The highest BCUT2D eigenvalue weighted by molar-refractivity contribution is 9.10. The van der Waals surface area contributed by atoms with Gasteiger partial charge in [-0.25, -0.2) is 9.78 Å². The van der Waals surface area contributed by atoms with E-state index in [1.54, 1.807) is 12.1 Å². The molecular formula is C18H17BrN2O3. The van der Waals surface area contributed by atoms with E-state index >= 15 is 0 Å². The number of benzene rings is 1. The smallest absolute Gasteiger partial charge is 0.339 e. The SMILES string of the molecule is COC(=O)c1ccc(NC(=O)C2(c3ccc(Br)cc3)CCC2)nc1. The van der Waals surface area contributed by atoms with E-state index in [9.17, 15) is 9.59 Å². The summed E-state index contributed by atoms with van der Waals surface area (Å²) < 4.78 is 5.62. The van der Waals surface area contributed by atoms with Crippen LogP contribution in [-0.4, -0.2) is 24.0 Å². The number of esters is 1. The first-order chi connectivity index (χ1) is 11.5. The summed E-state index contributed by atoms with van der Waals surface area (Å²) in [6, 6.07) is 11.1. The third kappa shape index (κ3) is 3.06. The Balaban J connectivity index is 1.78. The van der Waals surface area contributed by atoms with Crippen LogP contribution in [0.3, 0.4) is 0 Å². The van der Waals surface area contributed by atoms with Crippen molar-refractivity contribution in [3.05, 3.63) is 58.2 Å². The van der Waals surface area contributed by atoms with Crippen LogP contribution in [0.15, 0.2) is 47.1 Å². The van der Waals surface area contributed by atoms with Crippen molar-refractivity contribution in [2.75, 3.05) is 12.4 Å². The van der Waals surface area contributed by atoms with Crippen LogP contribution in [0.1, 0.15) is 35.2 Å². The molecule has 1 heterocycles. The molecule has 6 heteroatoms. The van der Waals surface area contributed by atoms with Crippen LogP contribution in [0.25, 0.3) is 0 Å². The van der Waals surface area contributed by atoms with E-state index in [0.717, 1.165) is 29.3 Å². The Hall–Kier alpha value is -2.21. The number of carbonyl (C=O) groups is 2. The van der Waals surface area contributed by atoms with Crippen LogP contribution in [0.5, 0.6) is 0 Å². The van der Waals surface area contributed by atoms with E-state index in [-0.39, 0.29) is 5.91 Å². The molecule has 1 aliphatic carbocycles. The van der Waals surface area contributed by atoms with E-state index in [4.69, 9.17) is 0 Å². The predicted octanol–water partition coefficient (Wildman–Crippen LogP) is 3.69. The lowest BCUT2D eigenvalue weighted by molar-refractivity contribution is -0.124. The monoisotopic (exact) mass is 388 g/mol. The first-order valence-corrected chi connectivity index (χ1v) is 8.46. The van der Waals surface area contributed by atoms with Crippen LogP contribution in [0, 0.1) is 0 Å². The van der Waals surface area contributed by atoms with E-state index in [1.165, 1.54) is 13.3 Å². The molecule has 0 unspecified atom stereocenters. The highest BCUT2D eigenvalue weighted by Crippen LogP contribution is 2.44. The van der Waals surface area contributed by atoms with E-state index < -0.39 is 11.4 Å². The van der Waals surface area contributed by atoms with Gasteiger partial charge in [0.2, 0.25) is 5.91 Å². The second kappa shape index (κ2) is 6.73. The maximum atomic E-state index is 12.8. The third-order valence-corrected chi connectivity index (χ3v) is 4.99. The second-order valence-electron chi connectivity index (χ2n) is 5.82. The number of rotatable bonds is 4. The average Bonchev–Trinajstić information content (AvgIpc) is 2.55. The van der Waals surface area contributed by atoms with E-state index in [2.05, 4.69) is 31.0 Å². The zero-order valence-corrected chi connectivity index (χ0v) is 14.8. The van der Waals surface area contributed by atoms with Gasteiger partial charge < -0.3 is 10.1 Å². The quantitative estimate of drug-likeness (QED) is 0.810. The maximum absolute atomic E-state index is 12.8. The van der Waals surface area contributed by atoms with Crippen molar-refractivity contribution in [3.63, 3.8) is 0 Å². The molecule has 0 atom stereocenters. The van der Waals surface area contributed by atoms with Crippen molar-refractivity contribution in [1.82, 2.24) is 4.98 Å². The minimum absolute atomic E-state index is 0.0607. The number of nitrogens with one attached hydrogen (secondary N) is 1. The molecule has 0 bridgehead atoms. The average molecular weight is 389 g/mol. The van der Waals surface area contributed by atoms with Crippen molar-refractivity contribution < 1.29 is 14.3 Å². The lowest BCUT2D eigenvalue weighted by Crippen LogP contribution is -2.46. The number of nitrogens with zero attached hydrogens (tertiary/aromatic N) is 1. The molecule has 1 fully saturated rings. The number of hydrogen-bond donors (Lipinski definition) is 1. The summed E-state index contributed by atoms with van der Waals surface area (Å²) in [7, 11) is 1.32. The van der Waals surface area contributed by atoms with Crippen molar-refractivity contribution in [2.24, 2.45) is 0 Å². The summed E-state index contributed by atoms with van der Waals surface area (Å²) in [6.07, 6.45) is 4.06. The van der Waals surface area contributed by atoms with Gasteiger partial charge in [-0.1, -0.05) is 34.5 Å². The second-order valence-corrected chi connectivity index (χ2v) is 6.74. The summed E-state index contributed by atoms with van der Waals surface area (Å²) in [5.74, 6) is -0.0869. The standard InChI is InChI=1S/C18H17BrN2O3/c1-24-16(22)12-3-8-15(20-11-12)21-17(23)18(9-2-10-18)13-4-6-14(19)7-5-13/h3-8,11H,2,9-10H2,1H3,(H,20,21,23). The van der Waals surface area contributed by atoms with Gasteiger partial charge in [0.1, 0.15) is 5.82 Å². The topological polar surface area (TPSA) is 68.3 Å². The van der Waals surface area contributed by atoms with Crippen molar-refractivity contribution in [1.29, 1.82) is 0 Å². The van der Waals surface area contributed by atoms with Crippen molar-refractivity contribution in [2.45, 2.75) is 24.7 Å². The molecule has 124 valence electrons. The van der Waals surface area contributed by atoms with Crippen molar-refractivity contribution in [3.8, 4) is 0 Å². The van der Waals surface area contributed by atoms with Gasteiger partial charge in [0.15, 0.2) is 0 Å². The van der Waals surface area contributed by atoms with Crippen LogP contribution in [0.4, 0.5) is 5.82 Å². The zero-order valence-electron chi connectivity index (χ0n) is 13.2. The Morgan fingerprint density at radius 1 is 1.17 bits per heavy atom. The fourth-order valence-corrected chi connectivity index (χ4v) is 3.15. The minimum Gasteiger partial charge on any atom is -0.465 e. The van der Waals surface area contributed by atoms with E-state index in [1.807, 2.05) is 24.3 Å². The Kier molecular flexibility index (Phi) is 4.66. The number of carbonyl (C=O) groups excluding carboxylic acids is 2. The number of amides is 1. The third-order valence-electron chi connectivity index (χ3n) is 4.46. The van der Waals surface area contributed by atoms with E-state index in [0.29, 0.717) is 11.4 Å². The number of aromatic nitrogens is 1. The number of anilines is 1. The fraction of sp³-hybridized carbons (Fsp3) is 0.278. The molecule has 1 aliphatic rings. The lowest BCUT2D eigenvalue weighted by atomic mass is 9.64. The Morgan fingerprint density at radius 2 is 1.88 bits per heavy atom. The van der Waals surface area contributed by atoms with Gasteiger partial charge in [-0.2, -0.15) is 0 Å². The summed E-state index contributed by atoms with van der Waals surface area (Å²) >= 11 is 3.42. The van der Waals surface area contributed by atoms with Crippen LogP contribution < -0.4 is 5.32 Å². The number of hydrogen-bond acceptors (Lipinski definition) is 4. The Bertz CT molecular complexity index is 753. The van der Waals surface area contributed by atoms with Gasteiger partial charge in [0, 0.05) is 10.7 Å². The highest BCUT2D eigenvalue weighted by atomic mass is 79.9. The van der Waals surface area contributed by atoms with Gasteiger partial charge in [-0.05, 0) is 42.7 Å². The molecule has 1 amide bonds. The van der Waals surface area contributed by atoms with Crippen LogP contribution >= 0.6 is 15.9 Å². The summed E-state index contributed by atoms with van der Waals surface area (Å²) in [4.78, 5) is 28.4. The minimum atomic E-state index is -0.497. The van der Waals surface area contributed by atoms with Gasteiger partial charge >= 0.3 is 5.97 Å². The molecule has 1 aromatic heterocycles. The summed E-state index contributed by atoms with van der Waals surface area (Å²) in [5.41, 5.74) is 0.867. The molecule has 1 aromatic carbocycles. The first kappa shape index (κ1) is 16.6. The molecule has 0 saturated heterocycles. The zero-order chi connectivity index (χ0) is 17.2. The summed E-state index contributed by atoms with van der Waals surface area (Å²) in [5, 5.41) is 2.87. The molecule has 0 aliphatic heterocycles. The van der Waals surface area contributed by atoms with Crippen molar-refractivity contribution >= 4 is 33.6 Å². The molecule has 1 saturated carbocycles. The fourth-order valence-electron chi connectivity index (χ4n) is 2.89. The van der Waals surface area contributed by atoms with Gasteiger partial charge in [-0.3, -0.25) is 4.79 Å². The first-order valence-electron chi connectivity index (χ1n) is 7.67. The molecule has 0 radical (unpaired) electrons. The number of methoxy groups -OCH3 is 1. The van der Waals surface area contributed by atoms with Gasteiger partial charge in [-0.15, -0.1) is 0 Å². The van der Waals surface area contributed by atoms with Gasteiger partial charge in [0.05, 0.1) is 18.1 Å². The normalized spacial score (nSPS) is 15.2. The van der Waals surface area contributed by atoms with Crippen LogP contribution in [-0.2, 0) is 14.9 Å². The molecule has 24 heavy (non-hydrogen) atoms. The molecule has 1 N–H and O–H groups in total. The number of halogens is 1. The number of pyridine rings is 1.